The van der Waals surface area contributed by atoms with Gasteiger partial charge in [-0.1, -0.05) is 212 Å². The van der Waals surface area contributed by atoms with Crippen molar-refractivity contribution in [3.63, 3.8) is 0 Å². The Bertz CT molecular complexity index is 9090. The van der Waals surface area contributed by atoms with Crippen LogP contribution in [0, 0.1) is 34.9 Å². The van der Waals surface area contributed by atoms with E-state index in [0.717, 1.165) is 159 Å². The number of anilines is 15. The number of fused-ring (bicyclic) bond motifs is 36. The average Bonchev–Trinajstić information content (AvgIpc) is 1.36. The Kier molecular flexibility index (Phi) is 12.7. The van der Waals surface area contributed by atoms with Crippen LogP contribution in [0.5, 0.6) is 11.5 Å². The third-order valence-corrected chi connectivity index (χ3v) is 28.5. The first-order valence-electron chi connectivity index (χ1n) is 42.5. The lowest BCUT2D eigenvalue weighted by atomic mass is 9.29. The number of nitrogens with zero attached hydrogens (tertiary/aromatic N) is 8. The van der Waals surface area contributed by atoms with E-state index in [9.17, 15) is 0 Å². The van der Waals surface area contributed by atoms with Crippen LogP contribution in [0.2, 0.25) is 0 Å². The molecule has 126 heavy (non-hydrogen) atoms. The Morgan fingerprint density at radius 2 is 0.484 bits per heavy atom. The molecule has 0 saturated carbocycles. The zero-order chi connectivity index (χ0) is 82.5. The number of ether oxygens (including phenoxy) is 1. The van der Waals surface area contributed by atoms with Crippen molar-refractivity contribution < 1.29 is 31.1 Å². The van der Waals surface area contributed by atoms with Crippen LogP contribution in [0.1, 0.15) is 0 Å². The van der Waals surface area contributed by atoms with Gasteiger partial charge >= 0.3 is 0 Å². The molecule has 18 aromatic carbocycles. The molecule has 0 aliphatic carbocycles. The molecule has 12 heterocycles. The number of hydrogen-bond donors (Lipinski definition) is 0. The maximum Gasteiger partial charge on any atom is 0.256 e. The highest BCUT2D eigenvalue weighted by Crippen LogP contribution is 2.61. The molecule has 0 saturated heterocycles. The van der Waals surface area contributed by atoms with E-state index in [4.69, 9.17) is 4.74 Å². The first-order valence-corrected chi connectivity index (χ1v) is 42.5. The topological polar surface area (TPSA) is 38.7 Å². The van der Waals surface area contributed by atoms with E-state index in [1.54, 1.807) is 9.80 Å². The molecule has 584 valence electrons. The summed E-state index contributed by atoms with van der Waals surface area (Å²) in [4.78, 5) is 10.0. The fourth-order valence-corrected chi connectivity index (χ4v) is 24.2. The Labute approximate surface area is 713 Å². The van der Waals surface area contributed by atoms with Gasteiger partial charge in [0, 0.05) is 105 Å². The van der Waals surface area contributed by atoms with Gasteiger partial charge in [0.2, 0.25) is 0 Å². The van der Waals surface area contributed by atoms with Gasteiger partial charge in [-0.2, -0.15) is 0 Å². The predicted molar refractivity (Wildman–Crippen MR) is 504 cm³/mol. The van der Waals surface area contributed by atoms with Crippen LogP contribution in [0.3, 0.4) is 0 Å². The van der Waals surface area contributed by atoms with E-state index in [0.29, 0.717) is 83.8 Å². The highest BCUT2D eigenvalue weighted by molar-refractivity contribution is 7.05. The fourth-order valence-electron chi connectivity index (χ4n) is 24.2. The number of halogens is 6. The normalized spacial score (nSPS) is 14.0. The Morgan fingerprint density at radius 3 is 0.849 bits per heavy atom. The smallest absolute Gasteiger partial charge is 0.256 e. The van der Waals surface area contributed by atoms with Crippen molar-refractivity contribution in [3.05, 3.63) is 369 Å². The summed E-state index contributed by atoms with van der Waals surface area (Å²) >= 11 is 0. The lowest BCUT2D eigenvalue weighted by molar-refractivity contribution is 0.493. The molecule has 9 nitrogen and oxygen atoms in total. The Morgan fingerprint density at radius 1 is 0.206 bits per heavy atom. The Hall–Kier alpha value is -16.1. The molecule has 0 N–H and O–H groups in total. The second-order valence-corrected chi connectivity index (χ2v) is 34.2. The first kappa shape index (κ1) is 67.6. The lowest BCUT2D eigenvalue weighted by Crippen LogP contribution is -2.66. The number of aromatic nitrogens is 3. The fraction of sp³-hybridized carbons (Fsp3) is 0. The second-order valence-electron chi connectivity index (χ2n) is 34.2. The molecule has 0 atom stereocenters. The van der Waals surface area contributed by atoms with Crippen LogP contribution >= 0.6 is 0 Å². The monoisotopic (exact) mass is 1630 g/mol. The number of hydrogen-bond acceptors (Lipinski definition) is 6. The first-order chi connectivity index (χ1) is 62.2. The van der Waals surface area contributed by atoms with Gasteiger partial charge in [0.05, 0.1) is 83.5 Å². The zero-order valence-corrected chi connectivity index (χ0v) is 66.2. The quantitative estimate of drug-likeness (QED) is 0.126. The van der Waals surface area contributed by atoms with E-state index in [2.05, 4.69) is 199 Å². The number of para-hydroxylation sites is 13. The van der Waals surface area contributed by atoms with Crippen molar-refractivity contribution in [1.29, 1.82) is 0 Å². The third-order valence-electron chi connectivity index (χ3n) is 28.5. The van der Waals surface area contributed by atoms with Gasteiger partial charge in [0.1, 0.15) is 63.5 Å². The summed E-state index contributed by atoms with van der Waals surface area (Å²) in [6.07, 6.45) is 0. The van der Waals surface area contributed by atoms with E-state index in [1.165, 1.54) is 54.6 Å². The molecule has 18 heteroatoms. The molecular formula is C108H55B3F6N8O. The summed E-state index contributed by atoms with van der Waals surface area (Å²) in [6.45, 7) is -2.43. The van der Waals surface area contributed by atoms with Crippen molar-refractivity contribution in [2.24, 2.45) is 0 Å². The minimum atomic E-state index is -0.973. The number of rotatable bonds is 5. The van der Waals surface area contributed by atoms with E-state index in [1.807, 2.05) is 108 Å². The molecule has 0 fully saturated rings. The maximum atomic E-state index is 18.9. The van der Waals surface area contributed by atoms with Crippen LogP contribution in [0.15, 0.2) is 334 Å². The van der Waals surface area contributed by atoms with E-state index in [-0.39, 0.29) is 11.4 Å². The predicted octanol–water partition coefficient (Wildman–Crippen LogP) is 22.5. The molecule has 0 spiro atoms. The molecule has 0 amide bonds. The summed E-state index contributed by atoms with van der Waals surface area (Å²) in [5.74, 6) is -4.26. The van der Waals surface area contributed by atoms with Gasteiger partial charge in [-0.05, 0) is 164 Å². The van der Waals surface area contributed by atoms with Crippen molar-refractivity contribution >= 4 is 269 Å². The van der Waals surface area contributed by atoms with Crippen LogP contribution in [-0.4, -0.2) is 33.3 Å². The molecule has 6 aliphatic rings. The average molecular weight is 1630 g/mol. The summed E-state index contributed by atoms with van der Waals surface area (Å²) in [7, 11) is 0. The molecule has 6 aromatic heterocycles. The van der Waals surface area contributed by atoms with Crippen LogP contribution in [-0.2, 0) is 0 Å². The summed E-state index contributed by atoms with van der Waals surface area (Å²) in [5.41, 5.74) is 21.1. The lowest BCUT2D eigenvalue weighted by Gasteiger charge is -2.47. The van der Waals surface area contributed by atoms with Crippen LogP contribution in [0.25, 0.3) is 114 Å². The molecular weight excluding hydrogens is 1570 g/mol. The summed E-state index contributed by atoms with van der Waals surface area (Å²) in [5, 5.41) is 10.2. The van der Waals surface area contributed by atoms with Gasteiger partial charge in [-0.3, -0.25) is 0 Å². The van der Waals surface area contributed by atoms with Gasteiger partial charge in [-0.15, -0.1) is 0 Å². The van der Waals surface area contributed by atoms with E-state index < -0.39 is 60.7 Å². The molecule has 30 rings (SSSR count). The Balaban J connectivity index is 0.806. The van der Waals surface area contributed by atoms with Gasteiger partial charge in [0.25, 0.3) is 20.1 Å². The van der Waals surface area contributed by atoms with E-state index >= 15 is 26.3 Å². The number of benzene rings is 18. The minimum absolute atomic E-state index is 0.292. The molecule has 0 radical (unpaired) electrons. The SMILES string of the molecule is Fc1cccc(F)c1N1c2cc3c(cc2B2c4cc5c(cc4Oc4c2c1c1c2ccccc2n2c6ccccc6c4c12)N(c1c(F)cccc1F)c1c2c(c4c6ccccc6n6c7ccccc7c1c46)N(c1ccccc1)c1ccccc1B52)B1c2ccccc2N(c2ccccc2)c2c1c(c1c4ccccc4n4c5ccccc5c2c14)N3c1c(F)cccc1F. The van der Waals surface area contributed by atoms with Crippen LogP contribution in [0.4, 0.5) is 112 Å². The van der Waals surface area contributed by atoms with Crippen molar-refractivity contribution in [2.45, 2.75) is 0 Å². The maximum absolute atomic E-state index is 18.9. The summed E-state index contributed by atoms with van der Waals surface area (Å²) < 4.78 is 128. The van der Waals surface area contributed by atoms with Gasteiger partial charge < -0.3 is 42.4 Å². The molecule has 0 bridgehead atoms. The molecule has 6 aliphatic heterocycles. The molecule has 24 aromatic rings. The molecule has 0 unspecified atom stereocenters. The van der Waals surface area contributed by atoms with Crippen molar-refractivity contribution in [3.8, 4) is 11.5 Å². The van der Waals surface area contributed by atoms with Crippen molar-refractivity contribution in [2.75, 3.05) is 24.5 Å². The van der Waals surface area contributed by atoms with Gasteiger partial charge in [-0.25, -0.2) is 26.3 Å². The minimum Gasteiger partial charge on any atom is -0.458 e. The standard InChI is InChI=1S/C108H55B3F6N8O/c112-70-38-23-39-71(113)97(70)123-84-54-85-67(52-66(84)109-64-36-13-21-50-82(64)118(56-26-3-1-4-27-56)103-88-58-30-7-15-44-76(58)120-78-46-17-9-32-60(78)90(100(88)120)105(123)94(103)109)111-69-53-68-86(55-87(69)126-108-93-63-35-12-20-49-81(63)122-80-48-19-11-34-62(80)92(102(93)122)107(96(108)111)124(85)98-72(114)40-24-41-73(98)115)125(99-74(116)42-25-43-75(99)117)106-91-61-33-10-18-47-79(61)121-77-45-16-8-31-59(77)89(101(91)121)104-95(106)110(68)65-37-14-22-51-83(65)119(104)57-28-5-2-6-29-57/h1-55H. The highest BCUT2D eigenvalue weighted by atomic mass is 19.2. The zero-order valence-electron chi connectivity index (χ0n) is 66.2. The van der Waals surface area contributed by atoms with Crippen LogP contribution < -0.4 is 78.4 Å². The third kappa shape index (κ3) is 7.95. The summed E-state index contributed by atoms with van der Waals surface area (Å²) in [6, 6.07) is 108. The highest BCUT2D eigenvalue weighted by Gasteiger charge is 2.55. The second kappa shape index (κ2) is 23.6. The van der Waals surface area contributed by atoms with Gasteiger partial charge in [0.15, 0.2) is 0 Å². The largest absolute Gasteiger partial charge is 0.458 e. The van der Waals surface area contributed by atoms with Crippen molar-refractivity contribution in [1.82, 2.24) is 13.2 Å².